The number of rotatable bonds is 1. The van der Waals surface area contributed by atoms with Gasteiger partial charge in [-0.3, -0.25) is 0 Å². The van der Waals surface area contributed by atoms with Gasteiger partial charge in [-0.15, -0.1) is 0 Å². The standard InChI is InChI=1S/C4Cl3F7/c5-3(6,7)1(8,9)2(10,11)4(12,13)14. The molecule has 0 radical (unpaired) electrons. The molecule has 0 rings (SSSR count). The summed E-state index contributed by atoms with van der Waals surface area (Å²) in [4.78, 5) is 0. The first kappa shape index (κ1) is 14.4. The van der Waals surface area contributed by atoms with E-state index in [-0.39, 0.29) is 0 Å². The Morgan fingerprint density at radius 2 is 0.857 bits per heavy atom. The Balaban J connectivity index is 5.30. The predicted molar refractivity (Wildman–Crippen MR) is 36.2 cm³/mol. The second-order valence-electron chi connectivity index (χ2n) is 2.14. The molecular formula is C4Cl3F7. The first-order valence-corrected chi connectivity index (χ1v) is 3.77. The maximum Gasteiger partial charge on any atom is 0.460 e. The van der Waals surface area contributed by atoms with Crippen LogP contribution in [-0.4, -0.2) is 21.8 Å². The fraction of sp³-hybridized carbons (Fsp3) is 1.00. The molecule has 0 aliphatic carbocycles. The van der Waals surface area contributed by atoms with Crippen LogP contribution in [0.2, 0.25) is 0 Å². The molecule has 0 aliphatic heterocycles. The van der Waals surface area contributed by atoms with Gasteiger partial charge in [0.15, 0.2) is 0 Å². The van der Waals surface area contributed by atoms with E-state index >= 15 is 0 Å². The van der Waals surface area contributed by atoms with Crippen molar-refractivity contribution in [2.45, 2.75) is 21.8 Å². The Hall–Kier alpha value is 0.380. The van der Waals surface area contributed by atoms with Gasteiger partial charge < -0.3 is 0 Å². The van der Waals surface area contributed by atoms with Crippen LogP contribution in [0.1, 0.15) is 0 Å². The molecule has 0 aromatic heterocycles. The van der Waals surface area contributed by atoms with Crippen LogP contribution < -0.4 is 0 Å². The monoisotopic (exact) mass is 286 g/mol. The summed E-state index contributed by atoms with van der Waals surface area (Å²) >= 11 is 12.9. The van der Waals surface area contributed by atoms with Crippen LogP contribution in [0, 0.1) is 0 Å². The van der Waals surface area contributed by atoms with Gasteiger partial charge in [0.25, 0.3) is 3.79 Å². The van der Waals surface area contributed by atoms with Crippen molar-refractivity contribution in [3.8, 4) is 0 Å². The summed E-state index contributed by atoms with van der Waals surface area (Å²) in [5.74, 6) is -12.3. The molecule has 10 heteroatoms. The van der Waals surface area contributed by atoms with Crippen LogP contribution in [0.15, 0.2) is 0 Å². The summed E-state index contributed by atoms with van der Waals surface area (Å²) in [6.07, 6.45) is -6.50. The Labute approximate surface area is 87.9 Å². The first-order chi connectivity index (χ1) is 5.75. The van der Waals surface area contributed by atoms with E-state index in [9.17, 15) is 30.7 Å². The Kier molecular flexibility index (Phi) is 3.54. The molecule has 0 saturated carbocycles. The van der Waals surface area contributed by atoms with E-state index in [0.717, 1.165) is 0 Å². The lowest BCUT2D eigenvalue weighted by Gasteiger charge is -2.32. The molecule has 0 heterocycles. The van der Waals surface area contributed by atoms with Gasteiger partial charge in [0.2, 0.25) is 0 Å². The molecule has 86 valence electrons. The maximum atomic E-state index is 12.3. The van der Waals surface area contributed by atoms with Crippen LogP contribution in [0.4, 0.5) is 30.7 Å². The highest BCUT2D eigenvalue weighted by atomic mass is 35.6. The normalized spacial score (nSPS) is 15.9. The molecule has 14 heavy (non-hydrogen) atoms. The van der Waals surface area contributed by atoms with E-state index in [1.807, 2.05) is 0 Å². The summed E-state index contributed by atoms with van der Waals surface area (Å²) < 4.78 is 79.1. The molecule has 0 fully saturated rings. The lowest BCUT2D eigenvalue weighted by atomic mass is 10.2. The fourth-order valence-electron chi connectivity index (χ4n) is 0.356. The predicted octanol–water partition coefficient (Wildman–Crippen LogP) is 4.19. The van der Waals surface area contributed by atoms with Crippen LogP contribution >= 0.6 is 34.8 Å². The van der Waals surface area contributed by atoms with E-state index in [0.29, 0.717) is 0 Å². The van der Waals surface area contributed by atoms with E-state index in [2.05, 4.69) is 34.8 Å². The van der Waals surface area contributed by atoms with Crippen molar-refractivity contribution < 1.29 is 30.7 Å². The van der Waals surface area contributed by atoms with Crippen LogP contribution in [-0.2, 0) is 0 Å². The molecule has 0 aromatic carbocycles. The molecule has 0 spiro atoms. The van der Waals surface area contributed by atoms with Crippen molar-refractivity contribution in [3.63, 3.8) is 0 Å². The quantitative estimate of drug-likeness (QED) is 0.501. The van der Waals surface area contributed by atoms with Gasteiger partial charge in [-0.1, -0.05) is 34.8 Å². The van der Waals surface area contributed by atoms with Gasteiger partial charge in [0.1, 0.15) is 0 Å². The highest BCUT2D eigenvalue weighted by Gasteiger charge is 2.79. The summed E-state index contributed by atoms with van der Waals surface area (Å²) in [5.41, 5.74) is 0. The van der Waals surface area contributed by atoms with Crippen LogP contribution in [0.3, 0.4) is 0 Å². The van der Waals surface area contributed by atoms with Crippen LogP contribution in [0.5, 0.6) is 0 Å². The summed E-state index contributed by atoms with van der Waals surface area (Å²) in [5, 5.41) is 0. The molecule has 0 unspecified atom stereocenters. The minimum Gasteiger partial charge on any atom is -0.194 e. The highest BCUT2D eigenvalue weighted by molar-refractivity contribution is 6.68. The third-order valence-electron chi connectivity index (χ3n) is 1.11. The zero-order chi connectivity index (χ0) is 12.0. The SMILES string of the molecule is FC(F)(F)C(F)(F)C(F)(F)C(Cl)(Cl)Cl. The molecule has 0 aliphatic rings. The minimum absolute atomic E-state index is 4.05. The maximum absolute atomic E-state index is 12.3. The fourth-order valence-corrected chi connectivity index (χ4v) is 0.712. The molecule has 0 bridgehead atoms. The van der Waals surface area contributed by atoms with Gasteiger partial charge in [-0.2, -0.15) is 30.7 Å². The number of halogens is 10. The zero-order valence-electron chi connectivity index (χ0n) is 5.78. The lowest BCUT2D eigenvalue weighted by molar-refractivity contribution is -0.353. The topological polar surface area (TPSA) is 0 Å². The second kappa shape index (κ2) is 3.45. The average molecular weight is 287 g/mol. The van der Waals surface area contributed by atoms with E-state index in [1.165, 1.54) is 0 Å². The summed E-state index contributed by atoms with van der Waals surface area (Å²) in [6, 6.07) is 0. The van der Waals surface area contributed by atoms with Crippen molar-refractivity contribution >= 4 is 34.8 Å². The minimum atomic E-state index is -6.50. The van der Waals surface area contributed by atoms with Gasteiger partial charge in [0.05, 0.1) is 0 Å². The van der Waals surface area contributed by atoms with Gasteiger partial charge in [-0.25, -0.2) is 0 Å². The van der Waals surface area contributed by atoms with Gasteiger partial charge in [0, 0.05) is 0 Å². The van der Waals surface area contributed by atoms with Gasteiger partial charge >= 0.3 is 18.0 Å². The van der Waals surface area contributed by atoms with Crippen molar-refractivity contribution in [2.24, 2.45) is 0 Å². The van der Waals surface area contributed by atoms with Crippen molar-refractivity contribution in [3.05, 3.63) is 0 Å². The Morgan fingerprint density at radius 1 is 0.571 bits per heavy atom. The average Bonchev–Trinajstić information content (AvgIpc) is 1.81. The summed E-state index contributed by atoms with van der Waals surface area (Å²) in [6.45, 7) is 0. The Morgan fingerprint density at radius 3 is 0.929 bits per heavy atom. The van der Waals surface area contributed by atoms with Crippen LogP contribution in [0.25, 0.3) is 0 Å². The van der Waals surface area contributed by atoms with E-state index in [1.54, 1.807) is 0 Å². The number of hydrogen-bond donors (Lipinski definition) is 0. The smallest absolute Gasteiger partial charge is 0.194 e. The molecule has 0 saturated heterocycles. The van der Waals surface area contributed by atoms with Crippen molar-refractivity contribution in [1.82, 2.24) is 0 Å². The summed E-state index contributed by atoms with van der Waals surface area (Å²) in [7, 11) is 0. The first-order valence-electron chi connectivity index (χ1n) is 2.64. The Bertz CT molecular complexity index is 190. The third kappa shape index (κ3) is 2.14. The molecule has 0 nitrogen and oxygen atoms in total. The number of alkyl halides is 10. The molecule has 0 N–H and O–H groups in total. The van der Waals surface area contributed by atoms with Crippen molar-refractivity contribution in [2.75, 3.05) is 0 Å². The van der Waals surface area contributed by atoms with E-state index in [4.69, 9.17) is 0 Å². The van der Waals surface area contributed by atoms with E-state index < -0.39 is 21.8 Å². The third-order valence-corrected chi connectivity index (χ3v) is 1.82. The zero-order valence-corrected chi connectivity index (χ0v) is 8.05. The largest absolute Gasteiger partial charge is 0.460 e. The van der Waals surface area contributed by atoms with Gasteiger partial charge in [-0.05, 0) is 0 Å². The molecule has 0 amide bonds. The lowest BCUT2D eigenvalue weighted by Crippen LogP contribution is -2.58. The molecule has 0 aromatic rings. The second-order valence-corrected chi connectivity index (χ2v) is 4.43. The molecule has 0 atom stereocenters. The van der Waals surface area contributed by atoms with Crippen molar-refractivity contribution in [1.29, 1.82) is 0 Å². The number of hydrogen-bond acceptors (Lipinski definition) is 0. The highest BCUT2D eigenvalue weighted by Crippen LogP contribution is 2.56. The molecular weight excluding hydrogens is 287 g/mol.